The number of carbonyl (C=O) groups is 3. The van der Waals surface area contributed by atoms with E-state index in [-0.39, 0.29) is 23.4 Å². The fourth-order valence-electron chi connectivity index (χ4n) is 4.46. The standard InChI is InChI=1S/C25H22N4O5/c1-3-25(11-10-20(30)28-24(25)32)15-6-8-16(9-7-15)26-22(31)17-13-18(19-5-4-12-33-19)27-23-21(17)14(2)29-34-23/h4-9,12-13H,3,10-11H2,1-2H3,(H,26,31)(H,28,30,32). The van der Waals surface area contributed by atoms with Gasteiger partial charge in [-0.25, -0.2) is 4.98 Å². The number of nitrogens with zero attached hydrogens (tertiary/aromatic N) is 2. The number of benzene rings is 1. The van der Waals surface area contributed by atoms with Crippen molar-refractivity contribution in [2.45, 2.75) is 38.5 Å². The van der Waals surface area contributed by atoms with E-state index >= 15 is 0 Å². The third-order valence-electron chi connectivity index (χ3n) is 6.40. The van der Waals surface area contributed by atoms with Gasteiger partial charge >= 0.3 is 0 Å². The summed E-state index contributed by atoms with van der Waals surface area (Å²) in [5, 5.41) is 9.82. The van der Waals surface area contributed by atoms with Crippen LogP contribution in [0.2, 0.25) is 0 Å². The number of piperidine rings is 1. The highest BCUT2D eigenvalue weighted by Gasteiger charge is 2.42. The van der Waals surface area contributed by atoms with Gasteiger partial charge in [-0.1, -0.05) is 24.2 Å². The summed E-state index contributed by atoms with van der Waals surface area (Å²) in [6.45, 7) is 3.67. The number of nitrogens with one attached hydrogen (secondary N) is 2. The molecule has 2 N–H and O–H groups in total. The maximum Gasteiger partial charge on any atom is 0.259 e. The molecule has 34 heavy (non-hydrogen) atoms. The SMILES string of the molecule is CCC1(c2ccc(NC(=O)c3cc(-c4ccco4)nc4onc(C)c34)cc2)CCC(=O)NC1=O. The molecule has 1 fully saturated rings. The summed E-state index contributed by atoms with van der Waals surface area (Å²) in [4.78, 5) is 41.9. The van der Waals surface area contributed by atoms with Crippen molar-refractivity contribution in [3.05, 3.63) is 65.5 Å². The molecule has 1 aliphatic heterocycles. The second-order valence-electron chi connectivity index (χ2n) is 8.32. The number of pyridine rings is 1. The first-order valence-electron chi connectivity index (χ1n) is 11.0. The zero-order chi connectivity index (χ0) is 23.9. The van der Waals surface area contributed by atoms with E-state index in [9.17, 15) is 14.4 Å². The molecule has 172 valence electrons. The summed E-state index contributed by atoms with van der Waals surface area (Å²) >= 11 is 0. The number of aromatic nitrogens is 2. The van der Waals surface area contributed by atoms with Crippen LogP contribution in [0.3, 0.4) is 0 Å². The zero-order valence-electron chi connectivity index (χ0n) is 18.7. The van der Waals surface area contributed by atoms with Crippen LogP contribution in [0.5, 0.6) is 0 Å². The van der Waals surface area contributed by atoms with Gasteiger partial charge in [0.25, 0.3) is 11.6 Å². The molecule has 0 spiro atoms. The molecule has 3 aromatic heterocycles. The number of carbonyl (C=O) groups excluding carboxylic acids is 3. The minimum absolute atomic E-state index is 0.245. The number of furan rings is 1. The molecule has 0 bridgehead atoms. The molecule has 5 rings (SSSR count). The average Bonchev–Trinajstić information content (AvgIpc) is 3.50. The van der Waals surface area contributed by atoms with Crippen molar-refractivity contribution in [3.8, 4) is 11.5 Å². The van der Waals surface area contributed by atoms with Gasteiger partial charge in [0.2, 0.25) is 11.8 Å². The number of anilines is 1. The van der Waals surface area contributed by atoms with Crippen molar-refractivity contribution in [2.24, 2.45) is 0 Å². The second-order valence-corrected chi connectivity index (χ2v) is 8.32. The molecule has 0 aliphatic carbocycles. The molecule has 3 amide bonds. The second kappa shape index (κ2) is 8.26. The van der Waals surface area contributed by atoms with E-state index < -0.39 is 5.41 Å². The Morgan fingerprint density at radius 1 is 1.21 bits per heavy atom. The molecule has 1 aliphatic rings. The molecule has 4 aromatic rings. The molecule has 0 saturated carbocycles. The van der Waals surface area contributed by atoms with Crippen LogP contribution < -0.4 is 10.6 Å². The maximum atomic E-state index is 13.3. The third kappa shape index (κ3) is 3.55. The minimum Gasteiger partial charge on any atom is -0.463 e. The van der Waals surface area contributed by atoms with E-state index in [0.29, 0.717) is 53.0 Å². The van der Waals surface area contributed by atoms with Gasteiger partial charge in [0.05, 0.1) is 28.3 Å². The smallest absolute Gasteiger partial charge is 0.259 e. The zero-order valence-corrected chi connectivity index (χ0v) is 18.7. The Kier molecular flexibility index (Phi) is 5.24. The van der Waals surface area contributed by atoms with Crippen LogP contribution in [-0.4, -0.2) is 27.9 Å². The van der Waals surface area contributed by atoms with E-state index in [1.807, 2.05) is 19.1 Å². The van der Waals surface area contributed by atoms with Crippen molar-refractivity contribution in [3.63, 3.8) is 0 Å². The first kappa shape index (κ1) is 21.6. The van der Waals surface area contributed by atoms with Gasteiger partial charge in [-0.15, -0.1) is 0 Å². The topological polar surface area (TPSA) is 127 Å². The number of fused-ring (bicyclic) bond motifs is 1. The summed E-state index contributed by atoms with van der Waals surface area (Å²) in [5.74, 6) is -0.385. The minimum atomic E-state index is -0.759. The summed E-state index contributed by atoms with van der Waals surface area (Å²) in [6.07, 6.45) is 2.85. The van der Waals surface area contributed by atoms with Gasteiger partial charge in [-0.05, 0) is 55.7 Å². The maximum absolute atomic E-state index is 13.3. The molecule has 1 saturated heterocycles. The van der Waals surface area contributed by atoms with E-state index in [4.69, 9.17) is 8.94 Å². The fourth-order valence-corrected chi connectivity index (χ4v) is 4.46. The van der Waals surface area contributed by atoms with Crippen molar-refractivity contribution in [1.29, 1.82) is 0 Å². The van der Waals surface area contributed by atoms with Crippen LogP contribution in [0.4, 0.5) is 5.69 Å². The quantitative estimate of drug-likeness (QED) is 0.431. The Hall–Kier alpha value is -4.27. The van der Waals surface area contributed by atoms with Crippen molar-refractivity contribution < 1.29 is 23.3 Å². The molecule has 0 radical (unpaired) electrons. The van der Waals surface area contributed by atoms with E-state index in [2.05, 4.69) is 20.8 Å². The number of rotatable bonds is 5. The summed E-state index contributed by atoms with van der Waals surface area (Å²) < 4.78 is 10.7. The largest absolute Gasteiger partial charge is 0.463 e. The van der Waals surface area contributed by atoms with E-state index in [1.165, 1.54) is 6.26 Å². The van der Waals surface area contributed by atoms with Crippen molar-refractivity contribution >= 4 is 34.5 Å². The Bertz CT molecular complexity index is 1410. The average molecular weight is 458 g/mol. The monoisotopic (exact) mass is 458 g/mol. The number of amides is 3. The molecule has 1 atom stereocenters. The van der Waals surface area contributed by atoms with Crippen molar-refractivity contribution in [1.82, 2.24) is 15.5 Å². The lowest BCUT2D eigenvalue weighted by Gasteiger charge is -2.35. The van der Waals surface area contributed by atoms with Gasteiger partial charge in [0.15, 0.2) is 5.76 Å². The number of imide groups is 1. The Balaban J connectivity index is 1.45. The molecule has 1 aromatic carbocycles. The van der Waals surface area contributed by atoms with Crippen LogP contribution in [0.15, 0.2) is 57.7 Å². The highest BCUT2D eigenvalue weighted by molar-refractivity contribution is 6.13. The Morgan fingerprint density at radius 2 is 2.00 bits per heavy atom. The van der Waals surface area contributed by atoms with Crippen LogP contribution in [-0.2, 0) is 15.0 Å². The summed E-state index contributed by atoms with van der Waals surface area (Å²) in [6, 6.07) is 12.3. The first-order valence-corrected chi connectivity index (χ1v) is 11.0. The van der Waals surface area contributed by atoms with Crippen LogP contribution in [0.1, 0.15) is 47.8 Å². The number of hydrogen-bond donors (Lipinski definition) is 2. The van der Waals surface area contributed by atoms with Gasteiger partial charge < -0.3 is 14.3 Å². The normalized spacial score (nSPS) is 18.2. The highest BCUT2D eigenvalue weighted by atomic mass is 16.5. The number of aryl methyl sites for hydroxylation is 1. The Morgan fingerprint density at radius 3 is 2.68 bits per heavy atom. The van der Waals surface area contributed by atoms with Gasteiger partial charge in [0, 0.05) is 12.1 Å². The van der Waals surface area contributed by atoms with E-state index in [0.717, 1.165) is 5.56 Å². The molecule has 4 heterocycles. The van der Waals surface area contributed by atoms with Crippen molar-refractivity contribution in [2.75, 3.05) is 5.32 Å². The van der Waals surface area contributed by atoms with Gasteiger partial charge in [-0.3, -0.25) is 19.7 Å². The molecular weight excluding hydrogens is 436 g/mol. The van der Waals surface area contributed by atoms with Crippen LogP contribution in [0.25, 0.3) is 22.6 Å². The van der Waals surface area contributed by atoms with Gasteiger partial charge in [-0.2, -0.15) is 0 Å². The van der Waals surface area contributed by atoms with E-state index in [1.54, 1.807) is 37.3 Å². The summed E-state index contributed by atoms with van der Waals surface area (Å²) in [5.41, 5.74) is 2.22. The Labute approximate surface area is 194 Å². The molecule has 9 nitrogen and oxygen atoms in total. The molecule has 1 unspecified atom stereocenters. The lowest BCUT2D eigenvalue weighted by Crippen LogP contribution is -2.51. The summed E-state index contributed by atoms with van der Waals surface area (Å²) in [7, 11) is 0. The van der Waals surface area contributed by atoms with Crippen LogP contribution >= 0.6 is 0 Å². The van der Waals surface area contributed by atoms with Gasteiger partial charge in [0.1, 0.15) is 5.69 Å². The number of hydrogen-bond acceptors (Lipinski definition) is 7. The first-order chi connectivity index (χ1) is 16.4. The lowest BCUT2D eigenvalue weighted by atomic mass is 9.72. The third-order valence-corrected chi connectivity index (χ3v) is 6.40. The lowest BCUT2D eigenvalue weighted by molar-refractivity contribution is -0.138. The predicted octanol–water partition coefficient (Wildman–Crippen LogP) is 4.13. The fraction of sp³-hybridized carbons (Fsp3) is 0.240. The highest BCUT2D eigenvalue weighted by Crippen LogP contribution is 2.36. The molecule has 9 heteroatoms. The van der Waals surface area contributed by atoms with Crippen LogP contribution in [0, 0.1) is 6.92 Å². The molecular formula is C25H22N4O5. The predicted molar refractivity (Wildman–Crippen MR) is 123 cm³/mol.